The van der Waals surface area contributed by atoms with Gasteiger partial charge in [0.05, 0.1) is 17.0 Å². The summed E-state index contributed by atoms with van der Waals surface area (Å²) in [7, 11) is -3.81. The molecule has 0 atom stereocenters. The van der Waals surface area contributed by atoms with Gasteiger partial charge in [0.1, 0.15) is 5.75 Å². The minimum Gasteiger partial charge on any atom is -0.482 e. The Morgan fingerprint density at radius 1 is 1.03 bits per heavy atom. The molecule has 3 aromatic carbocycles. The number of benzene rings is 3. The summed E-state index contributed by atoms with van der Waals surface area (Å²) in [6.45, 7) is -0.781. The summed E-state index contributed by atoms with van der Waals surface area (Å²) in [6.07, 6.45) is -0.242. The Morgan fingerprint density at radius 2 is 1.82 bits per heavy atom. The van der Waals surface area contributed by atoms with Gasteiger partial charge in [-0.3, -0.25) is 14.4 Å². The topological polar surface area (TPSA) is 128 Å². The minimum absolute atomic E-state index is 0.0909. The highest BCUT2D eigenvalue weighted by atomic mass is 32.2. The van der Waals surface area contributed by atoms with Crippen LogP contribution < -0.4 is 14.8 Å². The first-order chi connectivity index (χ1) is 15.8. The van der Waals surface area contributed by atoms with Crippen molar-refractivity contribution in [1.29, 1.82) is 0 Å². The molecule has 0 fully saturated rings. The van der Waals surface area contributed by atoms with Gasteiger partial charge < -0.3 is 14.8 Å². The first kappa shape index (κ1) is 22.4. The van der Waals surface area contributed by atoms with Crippen LogP contribution >= 0.6 is 0 Å². The maximum Gasteiger partial charge on any atom is 0.307 e. The van der Waals surface area contributed by atoms with Gasteiger partial charge in [-0.1, -0.05) is 30.3 Å². The molecule has 0 spiro atoms. The third-order valence-electron chi connectivity index (χ3n) is 4.95. The number of hydrogen-bond acceptors (Lipinski definition) is 7. The van der Waals surface area contributed by atoms with Gasteiger partial charge in [-0.15, -0.1) is 0 Å². The number of Topliss-reactive ketones (excluding diaryl/α,β-unsaturated/α-hetero) is 1. The number of amides is 1. The molecule has 0 radical (unpaired) electrons. The van der Waals surface area contributed by atoms with E-state index in [1.165, 1.54) is 18.2 Å². The average Bonchev–Trinajstić information content (AvgIpc) is 2.81. The van der Waals surface area contributed by atoms with Crippen LogP contribution in [-0.4, -0.2) is 45.8 Å². The van der Waals surface area contributed by atoms with Crippen molar-refractivity contribution in [2.75, 3.05) is 25.1 Å². The molecule has 1 aliphatic rings. The smallest absolute Gasteiger partial charge is 0.307 e. The van der Waals surface area contributed by atoms with Crippen molar-refractivity contribution in [3.05, 3.63) is 66.2 Å². The molecule has 0 aliphatic carbocycles. The molecule has 33 heavy (non-hydrogen) atoms. The minimum atomic E-state index is -3.81. The van der Waals surface area contributed by atoms with E-state index in [4.69, 9.17) is 9.47 Å². The number of esters is 1. The zero-order valence-corrected chi connectivity index (χ0v) is 18.2. The maximum atomic E-state index is 12.5. The first-order valence-electron chi connectivity index (χ1n) is 10.1. The molecule has 3 aromatic rings. The Morgan fingerprint density at radius 3 is 2.64 bits per heavy atom. The molecule has 0 saturated heterocycles. The van der Waals surface area contributed by atoms with Crippen LogP contribution in [0.2, 0.25) is 0 Å². The summed E-state index contributed by atoms with van der Waals surface area (Å²) in [5.41, 5.74) is 0.607. The van der Waals surface area contributed by atoms with E-state index >= 15 is 0 Å². The van der Waals surface area contributed by atoms with E-state index < -0.39 is 28.4 Å². The SMILES string of the molecule is O=C1COc2ccc(C(=O)COC(=O)CCNS(=O)(=O)c3ccc4ccccc4c3)cc2N1. The number of nitrogens with one attached hydrogen (secondary N) is 2. The Kier molecular flexibility index (Phi) is 6.38. The van der Waals surface area contributed by atoms with E-state index in [1.807, 2.05) is 24.3 Å². The lowest BCUT2D eigenvalue weighted by molar-refractivity contribution is -0.142. The van der Waals surface area contributed by atoms with Crippen molar-refractivity contribution in [3.63, 3.8) is 0 Å². The number of fused-ring (bicyclic) bond motifs is 2. The van der Waals surface area contributed by atoms with E-state index in [9.17, 15) is 22.8 Å². The summed E-state index contributed by atoms with van der Waals surface area (Å²) in [5, 5.41) is 4.30. The second kappa shape index (κ2) is 9.39. The van der Waals surface area contributed by atoms with Gasteiger partial charge in [0.15, 0.2) is 19.0 Å². The lowest BCUT2D eigenvalue weighted by atomic mass is 10.1. The van der Waals surface area contributed by atoms with Crippen LogP contribution in [0.4, 0.5) is 5.69 Å². The van der Waals surface area contributed by atoms with Crippen LogP contribution in [0.25, 0.3) is 10.8 Å². The highest BCUT2D eigenvalue weighted by molar-refractivity contribution is 7.89. The largest absolute Gasteiger partial charge is 0.482 e. The van der Waals surface area contributed by atoms with Crippen LogP contribution in [-0.2, 0) is 24.3 Å². The standard InChI is InChI=1S/C23H20N2O7S/c26-20(17-6-8-21-19(12-17)25-22(27)14-31-21)13-32-23(28)9-10-24-33(29,30)18-7-5-15-3-1-2-4-16(15)11-18/h1-8,11-12,24H,9-10,13-14H2,(H,25,27). The third-order valence-corrected chi connectivity index (χ3v) is 6.41. The van der Waals surface area contributed by atoms with Gasteiger partial charge in [0.25, 0.3) is 5.91 Å². The predicted octanol–water partition coefficient (Wildman–Crippen LogP) is 2.27. The molecule has 0 bridgehead atoms. The van der Waals surface area contributed by atoms with Crippen LogP contribution in [0.1, 0.15) is 16.8 Å². The fraction of sp³-hybridized carbons (Fsp3) is 0.174. The number of anilines is 1. The van der Waals surface area contributed by atoms with Gasteiger partial charge in [-0.25, -0.2) is 13.1 Å². The predicted molar refractivity (Wildman–Crippen MR) is 120 cm³/mol. The van der Waals surface area contributed by atoms with Crippen molar-refractivity contribution >= 4 is 44.1 Å². The maximum absolute atomic E-state index is 12.5. The zero-order valence-electron chi connectivity index (χ0n) is 17.4. The molecule has 2 N–H and O–H groups in total. The molecule has 10 heteroatoms. The van der Waals surface area contributed by atoms with E-state index in [0.717, 1.165) is 10.8 Å². The molecule has 170 valence electrons. The van der Waals surface area contributed by atoms with E-state index in [1.54, 1.807) is 18.2 Å². The molecule has 1 amide bonds. The van der Waals surface area contributed by atoms with Crippen LogP contribution in [0.15, 0.2) is 65.6 Å². The monoisotopic (exact) mass is 468 g/mol. The van der Waals surface area contributed by atoms with E-state index in [2.05, 4.69) is 10.0 Å². The molecule has 0 saturated carbocycles. The second-order valence-corrected chi connectivity index (χ2v) is 9.06. The molecule has 9 nitrogen and oxygen atoms in total. The molecule has 1 heterocycles. The lowest BCUT2D eigenvalue weighted by Crippen LogP contribution is -2.27. The Balaban J connectivity index is 1.27. The highest BCUT2D eigenvalue weighted by Crippen LogP contribution is 2.28. The normalized spacial score (nSPS) is 13.0. The van der Waals surface area contributed by atoms with Gasteiger partial charge >= 0.3 is 5.97 Å². The fourth-order valence-corrected chi connectivity index (χ4v) is 4.33. The first-order valence-corrected chi connectivity index (χ1v) is 11.5. The number of carbonyl (C=O) groups excluding carboxylic acids is 3. The summed E-state index contributed by atoms with van der Waals surface area (Å²) < 4.78 is 37.5. The van der Waals surface area contributed by atoms with Gasteiger partial charge in [0.2, 0.25) is 10.0 Å². The van der Waals surface area contributed by atoms with Gasteiger partial charge in [0, 0.05) is 12.1 Å². The summed E-state index contributed by atoms with van der Waals surface area (Å²) in [6, 6.07) is 16.6. The number of carbonyl (C=O) groups is 3. The number of ether oxygens (including phenoxy) is 2. The Hall–Kier alpha value is -3.76. The van der Waals surface area contributed by atoms with Gasteiger partial charge in [-0.2, -0.15) is 0 Å². The van der Waals surface area contributed by atoms with E-state index in [-0.39, 0.29) is 35.9 Å². The Labute approximate surface area is 189 Å². The average molecular weight is 468 g/mol. The number of hydrogen-bond donors (Lipinski definition) is 2. The van der Waals surface area contributed by atoms with Crippen molar-refractivity contribution in [1.82, 2.24) is 4.72 Å². The number of rotatable bonds is 8. The molecule has 1 aliphatic heterocycles. The fourth-order valence-electron chi connectivity index (χ4n) is 3.26. The van der Waals surface area contributed by atoms with Crippen LogP contribution in [0, 0.1) is 0 Å². The summed E-state index contributed by atoms with van der Waals surface area (Å²) in [5.74, 6) is -1.08. The second-order valence-electron chi connectivity index (χ2n) is 7.29. The summed E-state index contributed by atoms with van der Waals surface area (Å²) in [4.78, 5) is 35.8. The molecular formula is C23H20N2O7S. The molecule has 4 rings (SSSR count). The molecular weight excluding hydrogens is 448 g/mol. The molecule has 0 unspecified atom stereocenters. The van der Waals surface area contributed by atoms with Crippen molar-refractivity contribution in [2.45, 2.75) is 11.3 Å². The van der Waals surface area contributed by atoms with E-state index in [0.29, 0.717) is 11.4 Å². The zero-order chi connectivity index (χ0) is 23.4. The van der Waals surface area contributed by atoms with Crippen molar-refractivity contribution in [3.8, 4) is 5.75 Å². The summed E-state index contributed by atoms with van der Waals surface area (Å²) >= 11 is 0. The number of ketones is 1. The van der Waals surface area contributed by atoms with Crippen molar-refractivity contribution in [2.24, 2.45) is 0 Å². The Bertz CT molecular complexity index is 1350. The van der Waals surface area contributed by atoms with Crippen molar-refractivity contribution < 1.29 is 32.3 Å². The van der Waals surface area contributed by atoms with Crippen LogP contribution in [0.3, 0.4) is 0 Å². The number of sulfonamides is 1. The quantitative estimate of drug-likeness (QED) is 0.383. The third kappa shape index (κ3) is 5.36. The molecule has 0 aromatic heterocycles. The lowest BCUT2D eigenvalue weighted by Gasteiger charge is -2.18. The van der Waals surface area contributed by atoms with Crippen LogP contribution in [0.5, 0.6) is 5.75 Å². The van der Waals surface area contributed by atoms with Gasteiger partial charge in [-0.05, 0) is 41.1 Å². The highest BCUT2D eigenvalue weighted by Gasteiger charge is 2.19.